The molecule has 5 rings (SSSR count). The van der Waals surface area contributed by atoms with Crippen LogP contribution in [0.3, 0.4) is 0 Å². The Balaban J connectivity index is 1.66. The second-order valence-corrected chi connectivity index (χ2v) is 6.19. The Hall–Kier alpha value is -3.19. The molecule has 114 valence electrons. The molecule has 6 nitrogen and oxygen atoms in total. The van der Waals surface area contributed by atoms with Crippen LogP contribution in [0.2, 0.25) is 0 Å². The summed E-state index contributed by atoms with van der Waals surface area (Å²) in [6, 6.07) is 17.7. The van der Waals surface area contributed by atoms with Gasteiger partial charge in [0.2, 0.25) is 10.8 Å². The van der Waals surface area contributed by atoms with Crippen LogP contribution in [0, 0.1) is 0 Å². The number of fused-ring (bicyclic) bond motifs is 2. The van der Waals surface area contributed by atoms with Crippen molar-refractivity contribution in [1.82, 2.24) is 29.8 Å². The molecule has 0 aliphatic heterocycles. The molecule has 0 aliphatic carbocycles. The van der Waals surface area contributed by atoms with Crippen molar-refractivity contribution in [3.05, 3.63) is 60.8 Å². The predicted molar refractivity (Wildman–Crippen MR) is 92.6 cm³/mol. The van der Waals surface area contributed by atoms with Crippen molar-refractivity contribution in [3.8, 4) is 22.2 Å². The molecule has 5 aromatic rings. The third kappa shape index (κ3) is 2.06. The SMILES string of the molecule is c1ccc(-c2nnc3sc(-c4ccc5ccccc5n4)nn23)nc1. The fraction of sp³-hybridized carbons (Fsp3) is 0. The molecule has 1 aromatic carbocycles. The lowest BCUT2D eigenvalue weighted by molar-refractivity contribution is 0.959. The summed E-state index contributed by atoms with van der Waals surface area (Å²) in [6.45, 7) is 0. The lowest BCUT2D eigenvalue weighted by atomic mass is 10.2. The van der Waals surface area contributed by atoms with E-state index in [-0.39, 0.29) is 0 Å². The molecule has 0 atom stereocenters. The van der Waals surface area contributed by atoms with Gasteiger partial charge < -0.3 is 0 Å². The van der Waals surface area contributed by atoms with Gasteiger partial charge in [-0.2, -0.15) is 9.61 Å². The minimum absolute atomic E-state index is 0.633. The van der Waals surface area contributed by atoms with Gasteiger partial charge in [0.15, 0.2) is 5.01 Å². The molecular formula is C17H10N6S. The van der Waals surface area contributed by atoms with Crippen LogP contribution in [-0.4, -0.2) is 29.8 Å². The van der Waals surface area contributed by atoms with Crippen molar-refractivity contribution in [2.75, 3.05) is 0 Å². The lowest BCUT2D eigenvalue weighted by Crippen LogP contribution is -1.93. The Morgan fingerprint density at radius 2 is 1.75 bits per heavy atom. The lowest BCUT2D eigenvalue weighted by Gasteiger charge is -1.99. The highest BCUT2D eigenvalue weighted by atomic mass is 32.1. The summed E-state index contributed by atoms with van der Waals surface area (Å²) in [5.74, 6) is 0.633. The van der Waals surface area contributed by atoms with Gasteiger partial charge in [0, 0.05) is 11.6 Å². The summed E-state index contributed by atoms with van der Waals surface area (Å²) in [7, 11) is 0. The van der Waals surface area contributed by atoms with Crippen molar-refractivity contribution >= 4 is 27.2 Å². The van der Waals surface area contributed by atoms with Crippen molar-refractivity contribution in [2.24, 2.45) is 0 Å². The number of aromatic nitrogens is 6. The average molecular weight is 330 g/mol. The molecule has 0 bridgehead atoms. The molecule has 4 heterocycles. The monoisotopic (exact) mass is 330 g/mol. The van der Waals surface area contributed by atoms with E-state index in [2.05, 4.69) is 26.3 Å². The zero-order chi connectivity index (χ0) is 15.9. The Kier molecular flexibility index (Phi) is 2.86. The minimum atomic E-state index is 0.633. The highest BCUT2D eigenvalue weighted by Gasteiger charge is 2.15. The van der Waals surface area contributed by atoms with E-state index in [1.807, 2.05) is 48.5 Å². The van der Waals surface area contributed by atoms with Crippen LogP contribution in [0.4, 0.5) is 0 Å². The second kappa shape index (κ2) is 5.17. The molecule has 0 radical (unpaired) electrons. The van der Waals surface area contributed by atoms with Crippen molar-refractivity contribution < 1.29 is 0 Å². The van der Waals surface area contributed by atoms with Gasteiger partial charge in [0.1, 0.15) is 11.4 Å². The maximum absolute atomic E-state index is 4.69. The van der Waals surface area contributed by atoms with E-state index in [1.54, 1.807) is 10.7 Å². The number of rotatable bonds is 2. The van der Waals surface area contributed by atoms with Gasteiger partial charge in [0.05, 0.1) is 5.52 Å². The Morgan fingerprint density at radius 3 is 2.67 bits per heavy atom. The maximum atomic E-state index is 4.69. The van der Waals surface area contributed by atoms with Crippen LogP contribution >= 0.6 is 11.3 Å². The fourth-order valence-corrected chi connectivity index (χ4v) is 3.37. The van der Waals surface area contributed by atoms with E-state index in [9.17, 15) is 0 Å². The van der Waals surface area contributed by atoms with Crippen molar-refractivity contribution in [1.29, 1.82) is 0 Å². The predicted octanol–water partition coefficient (Wildman–Crippen LogP) is 3.46. The van der Waals surface area contributed by atoms with E-state index in [0.717, 1.165) is 32.3 Å². The summed E-state index contributed by atoms with van der Waals surface area (Å²) in [6.07, 6.45) is 1.73. The molecule has 0 saturated carbocycles. The molecule has 0 aliphatic rings. The molecule has 0 spiro atoms. The number of para-hydroxylation sites is 1. The Morgan fingerprint density at radius 1 is 0.833 bits per heavy atom. The van der Waals surface area contributed by atoms with Crippen molar-refractivity contribution in [2.45, 2.75) is 0 Å². The van der Waals surface area contributed by atoms with E-state index < -0.39 is 0 Å². The molecule has 0 fully saturated rings. The zero-order valence-corrected chi connectivity index (χ0v) is 13.2. The van der Waals surface area contributed by atoms with Gasteiger partial charge in [-0.3, -0.25) is 4.98 Å². The Labute approximate surface area is 140 Å². The first-order valence-electron chi connectivity index (χ1n) is 7.38. The number of hydrogen-bond donors (Lipinski definition) is 0. The topological polar surface area (TPSA) is 68.9 Å². The third-order valence-electron chi connectivity index (χ3n) is 3.70. The second-order valence-electron chi connectivity index (χ2n) is 5.23. The fourth-order valence-electron chi connectivity index (χ4n) is 2.56. The minimum Gasteiger partial charge on any atom is -0.253 e. The summed E-state index contributed by atoms with van der Waals surface area (Å²) in [4.78, 5) is 9.74. The summed E-state index contributed by atoms with van der Waals surface area (Å²) >= 11 is 1.46. The van der Waals surface area contributed by atoms with Crippen LogP contribution in [0.15, 0.2) is 60.8 Å². The van der Waals surface area contributed by atoms with E-state index in [4.69, 9.17) is 4.98 Å². The van der Waals surface area contributed by atoms with Gasteiger partial charge in [0.25, 0.3) is 0 Å². The van der Waals surface area contributed by atoms with E-state index >= 15 is 0 Å². The number of nitrogens with zero attached hydrogens (tertiary/aromatic N) is 6. The number of pyridine rings is 2. The normalized spacial score (nSPS) is 11.3. The first kappa shape index (κ1) is 13.3. The first-order valence-corrected chi connectivity index (χ1v) is 8.20. The largest absolute Gasteiger partial charge is 0.253 e. The van der Waals surface area contributed by atoms with Crippen LogP contribution in [0.1, 0.15) is 0 Å². The van der Waals surface area contributed by atoms with E-state index in [1.165, 1.54) is 11.3 Å². The Bertz CT molecular complexity index is 1160. The van der Waals surface area contributed by atoms with E-state index in [0.29, 0.717) is 5.82 Å². The first-order chi connectivity index (χ1) is 11.9. The van der Waals surface area contributed by atoms with Gasteiger partial charge in [-0.1, -0.05) is 41.7 Å². The smallest absolute Gasteiger partial charge is 0.235 e. The number of benzene rings is 1. The quantitative estimate of drug-likeness (QED) is 0.496. The van der Waals surface area contributed by atoms with Crippen LogP contribution in [0.25, 0.3) is 38.1 Å². The molecule has 4 aromatic heterocycles. The standard InChI is InChI=1S/C17H10N6S/c1-2-6-12-11(5-1)8-9-14(19-12)16-22-23-15(20-21-17(23)24-16)13-7-3-4-10-18-13/h1-10H. The molecule has 0 unspecified atom stereocenters. The number of hydrogen-bond acceptors (Lipinski definition) is 6. The van der Waals surface area contributed by atoms with Gasteiger partial charge in [-0.15, -0.1) is 10.2 Å². The summed E-state index contributed by atoms with van der Waals surface area (Å²) in [5, 5.41) is 14.9. The molecule has 24 heavy (non-hydrogen) atoms. The molecular weight excluding hydrogens is 320 g/mol. The summed E-state index contributed by atoms with van der Waals surface area (Å²) < 4.78 is 1.72. The third-order valence-corrected chi connectivity index (χ3v) is 4.62. The van der Waals surface area contributed by atoms with Gasteiger partial charge in [-0.25, -0.2) is 4.98 Å². The van der Waals surface area contributed by atoms with Gasteiger partial charge in [-0.05, 0) is 24.3 Å². The maximum Gasteiger partial charge on any atom is 0.235 e. The van der Waals surface area contributed by atoms with Crippen molar-refractivity contribution in [3.63, 3.8) is 0 Å². The molecule has 0 saturated heterocycles. The van der Waals surface area contributed by atoms with Crippen LogP contribution in [-0.2, 0) is 0 Å². The highest BCUT2D eigenvalue weighted by Crippen LogP contribution is 2.27. The molecule has 7 heteroatoms. The average Bonchev–Trinajstić information content (AvgIpc) is 3.23. The molecule has 0 amide bonds. The van der Waals surface area contributed by atoms with Gasteiger partial charge >= 0.3 is 0 Å². The highest BCUT2D eigenvalue weighted by molar-refractivity contribution is 7.19. The van der Waals surface area contributed by atoms with Crippen LogP contribution < -0.4 is 0 Å². The van der Waals surface area contributed by atoms with Crippen LogP contribution in [0.5, 0.6) is 0 Å². The zero-order valence-electron chi connectivity index (χ0n) is 12.4. The molecule has 0 N–H and O–H groups in total. The summed E-state index contributed by atoms with van der Waals surface area (Å²) in [5.41, 5.74) is 2.52.